The van der Waals surface area contributed by atoms with Crippen LogP contribution in [0.2, 0.25) is 0 Å². The van der Waals surface area contributed by atoms with Gasteiger partial charge in [-0.15, -0.1) is 0 Å². The van der Waals surface area contributed by atoms with Gasteiger partial charge in [-0.25, -0.2) is 4.79 Å². The molecule has 1 saturated heterocycles. The molecule has 140 valence electrons. The van der Waals surface area contributed by atoms with E-state index in [0.717, 1.165) is 6.42 Å². The van der Waals surface area contributed by atoms with Crippen LogP contribution in [-0.2, 0) is 19.0 Å². The fourth-order valence-corrected chi connectivity index (χ4v) is 2.26. The van der Waals surface area contributed by atoms with Crippen LogP contribution in [-0.4, -0.2) is 55.6 Å². The third-order valence-corrected chi connectivity index (χ3v) is 3.56. The van der Waals surface area contributed by atoms with Crippen LogP contribution in [0.5, 0.6) is 0 Å². The van der Waals surface area contributed by atoms with Crippen LogP contribution in [0.1, 0.15) is 48.0 Å². The van der Waals surface area contributed by atoms with E-state index in [2.05, 4.69) is 10.6 Å². The highest BCUT2D eigenvalue weighted by Gasteiger charge is 2.43. The van der Waals surface area contributed by atoms with Crippen LogP contribution in [0, 0.1) is 5.92 Å². The average Bonchev–Trinajstić information content (AvgIpc) is 2.41. The van der Waals surface area contributed by atoms with Crippen LogP contribution in [0.4, 0.5) is 4.79 Å². The zero-order valence-corrected chi connectivity index (χ0v) is 15.7. The van der Waals surface area contributed by atoms with Gasteiger partial charge < -0.3 is 19.5 Å². The minimum Gasteiger partial charge on any atom is -0.465 e. The van der Waals surface area contributed by atoms with Crippen molar-refractivity contribution in [2.24, 2.45) is 5.92 Å². The third kappa shape index (κ3) is 6.65. The number of nitrogens with one attached hydrogen (secondary N) is 2. The van der Waals surface area contributed by atoms with E-state index in [1.54, 1.807) is 0 Å². The number of hydrogen-bond acceptors (Lipinski definition) is 6. The van der Waals surface area contributed by atoms with Crippen LogP contribution in [0.15, 0.2) is 0 Å². The highest BCUT2D eigenvalue weighted by molar-refractivity contribution is 5.76. The van der Waals surface area contributed by atoms with E-state index >= 15 is 0 Å². The molecule has 24 heavy (non-hydrogen) atoms. The maximum Gasteiger partial charge on any atom is 0.407 e. The number of carbonyl (C=O) groups excluding carboxylic acids is 2. The summed E-state index contributed by atoms with van der Waals surface area (Å²) in [7, 11) is 0. The lowest BCUT2D eigenvalue weighted by Gasteiger charge is -2.44. The van der Waals surface area contributed by atoms with Gasteiger partial charge in [-0.1, -0.05) is 20.8 Å². The molecule has 1 aliphatic heterocycles. The molecule has 1 rings (SSSR count). The summed E-state index contributed by atoms with van der Waals surface area (Å²) in [5.74, 6) is -0.205. The lowest BCUT2D eigenvalue weighted by atomic mass is 9.93. The van der Waals surface area contributed by atoms with Gasteiger partial charge in [0.1, 0.15) is 11.6 Å². The van der Waals surface area contributed by atoms with Gasteiger partial charge in [0.15, 0.2) is 0 Å². The summed E-state index contributed by atoms with van der Waals surface area (Å²) in [4.78, 5) is 24.1. The SMILES string of the molecule is CCCOC(=O)[C@@H](NC1(CNC(=O)OC(C)(C)C)COC1)C(C)C. The maximum atomic E-state index is 12.2. The van der Waals surface area contributed by atoms with E-state index in [0.29, 0.717) is 26.4 Å². The molecule has 0 aromatic carbocycles. The Morgan fingerprint density at radius 2 is 1.88 bits per heavy atom. The first-order chi connectivity index (χ1) is 11.1. The lowest BCUT2D eigenvalue weighted by molar-refractivity contribution is -0.151. The minimum absolute atomic E-state index is 0.0633. The van der Waals surface area contributed by atoms with Gasteiger partial charge in [-0.3, -0.25) is 10.1 Å². The van der Waals surface area contributed by atoms with Crippen LogP contribution in [0.25, 0.3) is 0 Å². The van der Waals surface area contributed by atoms with Gasteiger partial charge in [0, 0.05) is 6.54 Å². The third-order valence-electron chi connectivity index (χ3n) is 3.56. The zero-order valence-electron chi connectivity index (χ0n) is 15.7. The Bertz CT molecular complexity index is 427. The predicted molar refractivity (Wildman–Crippen MR) is 90.8 cm³/mol. The summed E-state index contributed by atoms with van der Waals surface area (Å²) >= 11 is 0. The summed E-state index contributed by atoms with van der Waals surface area (Å²) in [5.41, 5.74) is -1.03. The van der Waals surface area contributed by atoms with E-state index in [4.69, 9.17) is 14.2 Å². The Morgan fingerprint density at radius 3 is 2.29 bits per heavy atom. The molecule has 0 aromatic rings. The van der Waals surface area contributed by atoms with Crippen molar-refractivity contribution in [2.45, 2.75) is 65.1 Å². The second-order valence-electron chi connectivity index (χ2n) is 7.66. The van der Waals surface area contributed by atoms with Crippen LogP contribution < -0.4 is 10.6 Å². The maximum absolute atomic E-state index is 12.2. The molecule has 1 aliphatic rings. The summed E-state index contributed by atoms with van der Waals surface area (Å²) in [6, 6.07) is -0.444. The normalized spacial score (nSPS) is 17.8. The van der Waals surface area contributed by atoms with Gasteiger partial charge in [-0.2, -0.15) is 0 Å². The molecule has 0 aliphatic carbocycles. The zero-order chi connectivity index (χ0) is 18.4. The molecule has 7 nitrogen and oxygen atoms in total. The van der Waals surface area contributed by atoms with Crippen molar-refractivity contribution in [1.82, 2.24) is 10.6 Å². The average molecular weight is 344 g/mol. The Labute approximate surface area is 144 Å². The van der Waals surface area contributed by atoms with Gasteiger partial charge in [0.25, 0.3) is 0 Å². The fraction of sp³-hybridized carbons (Fsp3) is 0.882. The second-order valence-corrected chi connectivity index (χ2v) is 7.66. The smallest absolute Gasteiger partial charge is 0.407 e. The Morgan fingerprint density at radius 1 is 1.25 bits per heavy atom. The van der Waals surface area contributed by atoms with E-state index in [1.165, 1.54) is 0 Å². The molecule has 2 N–H and O–H groups in total. The molecule has 1 amide bonds. The van der Waals surface area contributed by atoms with E-state index in [-0.39, 0.29) is 11.9 Å². The van der Waals surface area contributed by atoms with Crippen molar-refractivity contribution in [2.75, 3.05) is 26.4 Å². The molecule has 7 heteroatoms. The number of ether oxygens (including phenoxy) is 3. The molecule has 0 aromatic heterocycles. The number of amides is 1. The number of carbonyl (C=O) groups is 2. The van der Waals surface area contributed by atoms with Gasteiger partial charge in [-0.05, 0) is 33.1 Å². The predicted octanol–water partition coefficient (Wildman–Crippen LogP) is 1.85. The van der Waals surface area contributed by atoms with Gasteiger partial charge >= 0.3 is 12.1 Å². The second kappa shape index (κ2) is 8.67. The van der Waals surface area contributed by atoms with Crippen LogP contribution >= 0.6 is 0 Å². The summed E-state index contributed by atoms with van der Waals surface area (Å²) in [6.07, 6.45) is 0.301. The first-order valence-corrected chi connectivity index (χ1v) is 8.57. The molecule has 1 atom stereocenters. The Kier molecular flexibility index (Phi) is 7.48. The molecule has 0 bridgehead atoms. The molecule has 1 heterocycles. The van der Waals surface area contributed by atoms with Crippen molar-refractivity contribution in [3.63, 3.8) is 0 Å². The molecule has 0 saturated carbocycles. The number of hydrogen-bond donors (Lipinski definition) is 2. The Hall–Kier alpha value is -1.34. The van der Waals surface area contributed by atoms with Crippen molar-refractivity contribution in [3.8, 4) is 0 Å². The topological polar surface area (TPSA) is 85.9 Å². The first-order valence-electron chi connectivity index (χ1n) is 8.57. The molecular weight excluding hydrogens is 312 g/mol. The first kappa shape index (κ1) is 20.7. The largest absolute Gasteiger partial charge is 0.465 e. The quantitative estimate of drug-likeness (QED) is 0.654. The lowest BCUT2D eigenvalue weighted by Crippen LogP contribution is -2.70. The Balaban J connectivity index is 2.62. The van der Waals surface area contributed by atoms with E-state index in [1.807, 2.05) is 41.5 Å². The highest BCUT2D eigenvalue weighted by Crippen LogP contribution is 2.20. The van der Waals surface area contributed by atoms with Crippen LogP contribution in [0.3, 0.4) is 0 Å². The highest BCUT2D eigenvalue weighted by atomic mass is 16.6. The number of esters is 1. The summed E-state index contributed by atoms with van der Waals surface area (Å²) < 4.78 is 15.8. The summed E-state index contributed by atoms with van der Waals surface area (Å²) in [6.45, 7) is 12.9. The van der Waals surface area contributed by atoms with E-state index < -0.39 is 23.3 Å². The summed E-state index contributed by atoms with van der Waals surface area (Å²) in [5, 5.41) is 6.08. The van der Waals surface area contributed by atoms with Gasteiger partial charge in [0.2, 0.25) is 0 Å². The molecule has 0 spiro atoms. The van der Waals surface area contributed by atoms with E-state index in [9.17, 15) is 9.59 Å². The molecule has 0 unspecified atom stereocenters. The monoisotopic (exact) mass is 344 g/mol. The molecule has 1 fully saturated rings. The van der Waals surface area contributed by atoms with Crippen molar-refractivity contribution in [1.29, 1.82) is 0 Å². The standard InChI is InChI=1S/C17H32N2O5/c1-7-8-23-14(20)13(12(2)3)19-17(10-22-11-17)9-18-15(21)24-16(4,5)6/h12-13,19H,7-11H2,1-6H3,(H,18,21)/t13-/m0/s1. The molecular formula is C17H32N2O5. The minimum atomic E-state index is -0.550. The molecule has 0 radical (unpaired) electrons. The van der Waals surface area contributed by atoms with Crippen molar-refractivity contribution >= 4 is 12.1 Å². The number of alkyl carbamates (subject to hydrolysis) is 1. The van der Waals surface area contributed by atoms with Crippen molar-refractivity contribution in [3.05, 3.63) is 0 Å². The van der Waals surface area contributed by atoms with Crippen molar-refractivity contribution < 1.29 is 23.8 Å². The number of rotatable bonds is 8. The fourth-order valence-electron chi connectivity index (χ4n) is 2.26. The van der Waals surface area contributed by atoms with Gasteiger partial charge in [0.05, 0.1) is 25.4 Å².